The van der Waals surface area contributed by atoms with Crippen molar-refractivity contribution in [2.45, 2.75) is 44.3 Å². The SMILES string of the molecule is C[C@H](NC(=O)[C@@H](CCCN=C(N)N)NC(=O)[C@H](N)Cc1ccccc1)C(=O)O. The predicted octanol–water partition coefficient (Wildman–Crippen LogP) is -1.32. The number of carboxylic acid groups (broad SMARTS) is 1. The number of nitrogens with zero attached hydrogens (tertiary/aromatic N) is 1. The summed E-state index contributed by atoms with van der Waals surface area (Å²) in [6, 6.07) is 6.33. The van der Waals surface area contributed by atoms with Crippen molar-refractivity contribution < 1.29 is 19.5 Å². The molecule has 1 aromatic carbocycles. The predicted molar refractivity (Wildman–Crippen MR) is 105 cm³/mol. The lowest BCUT2D eigenvalue weighted by Crippen LogP contribution is -2.54. The van der Waals surface area contributed by atoms with Crippen LogP contribution < -0.4 is 27.8 Å². The molecule has 1 rings (SSSR count). The molecule has 0 saturated carbocycles. The molecule has 0 spiro atoms. The average Bonchev–Trinajstić information content (AvgIpc) is 2.64. The number of hydrogen-bond donors (Lipinski definition) is 6. The standard InChI is InChI=1S/C18H28N6O4/c1-11(17(27)28)23-16(26)14(8-5-9-22-18(20)21)24-15(25)13(19)10-12-6-3-2-4-7-12/h2-4,6-7,11,13-14H,5,8-10,19H2,1H3,(H,23,26)(H,24,25)(H,27,28)(H4,20,21,22)/t11-,13+,14+/m0/s1. The maximum atomic E-state index is 12.4. The van der Waals surface area contributed by atoms with E-state index >= 15 is 0 Å². The van der Waals surface area contributed by atoms with Gasteiger partial charge in [-0.15, -0.1) is 0 Å². The Morgan fingerprint density at radius 1 is 1.11 bits per heavy atom. The van der Waals surface area contributed by atoms with Crippen LogP contribution in [-0.4, -0.2) is 53.5 Å². The lowest BCUT2D eigenvalue weighted by atomic mass is 10.0. The Morgan fingerprint density at radius 3 is 2.32 bits per heavy atom. The highest BCUT2D eigenvalue weighted by Crippen LogP contribution is 2.04. The number of carboxylic acids is 1. The average molecular weight is 392 g/mol. The Morgan fingerprint density at radius 2 is 1.75 bits per heavy atom. The first kappa shape index (κ1) is 22.9. The molecular weight excluding hydrogens is 364 g/mol. The molecule has 0 heterocycles. The molecule has 154 valence electrons. The topological polar surface area (TPSA) is 186 Å². The summed E-state index contributed by atoms with van der Waals surface area (Å²) in [6.45, 7) is 1.60. The fourth-order valence-electron chi connectivity index (χ4n) is 2.39. The molecule has 0 aliphatic carbocycles. The van der Waals surface area contributed by atoms with Gasteiger partial charge in [0.05, 0.1) is 6.04 Å². The Hall–Kier alpha value is -3.14. The molecule has 28 heavy (non-hydrogen) atoms. The summed E-state index contributed by atoms with van der Waals surface area (Å²) in [5.41, 5.74) is 17.4. The van der Waals surface area contributed by atoms with Gasteiger partial charge in [0.15, 0.2) is 5.96 Å². The normalized spacial score (nSPS) is 13.6. The molecule has 0 radical (unpaired) electrons. The van der Waals surface area contributed by atoms with E-state index < -0.39 is 35.9 Å². The monoisotopic (exact) mass is 392 g/mol. The number of nitrogens with one attached hydrogen (secondary N) is 2. The summed E-state index contributed by atoms with van der Waals surface area (Å²) in [5, 5.41) is 13.9. The van der Waals surface area contributed by atoms with E-state index in [0.717, 1.165) is 5.56 Å². The van der Waals surface area contributed by atoms with E-state index in [1.54, 1.807) is 0 Å². The van der Waals surface area contributed by atoms with Gasteiger partial charge in [0.25, 0.3) is 0 Å². The van der Waals surface area contributed by atoms with Crippen molar-refractivity contribution in [3.63, 3.8) is 0 Å². The molecule has 0 saturated heterocycles. The van der Waals surface area contributed by atoms with Crippen molar-refractivity contribution in [3.8, 4) is 0 Å². The highest BCUT2D eigenvalue weighted by Gasteiger charge is 2.26. The van der Waals surface area contributed by atoms with Crippen LogP contribution in [0.3, 0.4) is 0 Å². The number of guanidine groups is 1. The zero-order chi connectivity index (χ0) is 21.1. The zero-order valence-corrected chi connectivity index (χ0v) is 15.8. The van der Waals surface area contributed by atoms with Gasteiger partial charge in [0, 0.05) is 6.54 Å². The minimum atomic E-state index is -1.18. The highest BCUT2D eigenvalue weighted by atomic mass is 16.4. The third-order valence-corrected chi connectivity index (χ3v) is 3.94. The van der Waals surface area contributed by atoms with Crippen molar-refractivity contribution in [3.05, 3.63) is 35.9 Å². The van der Waals surface area contributed by atoms with Gasteiger partial charge in [-0.1, -0.05) is 30.3 Å². The molecule has 10 nitrogen and oxygen atoms in total. The van der Waals surface area contributed by atoms with Crippen LogP contribution >= 0.6 is 0 Å². The van der Waals surface area contributed by atoms with Crippen molar-refractivity contribution in [1.82, 2.24) is 10.6 Å². The number of aliphatic carboxylic acids is 1. The Bertz CT molecular complexity index is 691. The second-order valence-electron chi connectivity index (χ2n) is 6.37. The molecular formula is C18H28N6O4. The molecule has 0 unspecified atom stereocenters. The first-order valence-electron chi connectivity index (χ1n) is 8.89. The Kier molecular flexibility index (Phi) is 9.44. The summed E-state index contributed by atoms with van der Waals surface area (Å²) in [5.74, 6) is -2.37. The van der Waals surface area contributed by atoms with Gasteiger partial charge in [0.2, 0.25) is 11.8 Å². The van der Waals surface area contributed by atoms with Gasteiger partial charge in [-0.25, -0.2) is 0 Å². The van der Waals surface area contributed by atoms with Crippen LogP contribution in [0.2, 0.25) is 0 Å². The van der Waals surface area contributed by atoms with Crippen molar-refractivity contribution in [2.24, 2.45) is 22.2 Å². The van der Waals surface area contributed by atoms with Gasteiger partial charge >= 0.3 is 5.97 Å². The number of hydrogen-bond acceptors (Lipinski definition) is 5. The quantitative estimate of drug-likeness (QED) is 0.153. The van der Waals surface area contributed by atoms with Gasteiger partial charge in [-0.05, 0) is 31.7 Å². The van der Waals surface area contributed by atoms with Crippen molar-refractivity contribution >= 4 is 23.7 Å². The van der Waals surface area contributed by atoms with Crippen LogP contribution in [0, 0.1) is 0 Å². The van der Waals surface area contributed by atoms with Crippen LogP contribution in [0.15, 0.2) is 35.3 Å². The number of rotatable bonds is 11. The van der Waals surface area contributed by atoms with E-state index in [9.17, 15) is 14.4 Å². The molecule has 3 atom stereocenters. The number of nitrogens with two attached hydrogens (primary N) is 3. The molecule has 0 aromatic heterocycles. The summed E-state index contributed by atoms with van der Waals surface area (Å²) >= 11 is 0. The molecule has 10 heteroatoms. The van der Waals surface area contributed by atoms with E-state index in [1.165, 1.54) is 6.92 Å². The largest absolute Gasteiger partial charge is 0.480 e. The fourth-order valence-corrected chi connectivity index (χ4v) is 2.39. The summed E-state index contributed by atoms with van der Waals surface area (Å²) in [4.78, 5) is 39.6. The Labute approximate surface area is 163 Å². The molecule has 0 fully saturated rings. The highest BCUT2D eigenvalue weighted by molar-refractivity contribution is 5.91. The number of amides is 2. The Balaban J connectivity index is 2.72. The van der Waals surface area contributed by atoms with Gasteiger partial charge in [0.1, 0.15) is 12.1 Å². The lowest BCUT2D eigenvalue weighted by Gasteiger charge is -2.21. The molecule has 9 N–H and O–H groups in total. The number of carbonyl (C=O) groups is 3. The molecule has 2 amide bonds. The van der Waals surface area contributed by atoms with Gasteiger partial charge in [-0.3, -0.25) is 19.4 Å². The molecule has 0 bridgehead atoms. The second kappa shape index (κ2) is 11.5. The van der Waals surface area contributed by atoms with Crippen LogP contribution in [-0.2, 0) is 20.8 Å². The number of benzene rings is 1. The van der Waals surface area contributed by atoms with Crippen molar-refractivity contribution in [1.29, 1.82) is 0 Å². The summed E-state index contributed by atoms with van der Waals surface area (Å²) in [7, 11) is 0. The minimum absolute atomic E-state index is 0.0746. The van der Waals surface area contributed by atoms with Crippen LogP contribution in [0.1, 0.15) is 25.3 Å². The van der Waals surface area contributed by atoms with Crippen molar-refractivity contribution in [2.75, 3.05) is 6.54 Å². The fraction of sp³-hybridized carbons (Fsp3) is 0.444. The summed E-state index contributed by atoms with van der Waals surface area (Å²) in [6.07, 6.45) is 0.935. The third-order valence-electron chi connectivity index (χ3n) is 3.94. The number of carbonyl (C=O) groups excluding carboxylic acids is 2. The van der Waals surface area contributed by atoms with E-state index in [4.69, 9.17) is 22.3 Å². The second-order valence-corrected chi connectivity index (χ2v) is 6.37. The van der Waals surface area contributed by atoms with E-state index in [2.05, 4.69) is 15.6 Å². The lowest BCUT2D eigenvalue weighted by molar-refractivity contribution is -0.141. The summed E-state index contributed by atoms with van der Waals surface area (Å²) < 4.78 is 0. The maximum Gasteiger partial charge on any atom is 0.325 e. The first-order chi connectivity index (χ1) is 13.2. The van der Waals surface area contributed by atoms with E-state index in [0.29, 0.717) is 12.8 Å². The maximum absolute atomic E-state index is 12.4. The zero-order valence-electron chi connectivity index (χ0n) is 15.8. The first-order valence-corrected chi connectivity index (χ1v) is 8.89. The van der Waals surface area contributed by atoms with Crippen LogP contribution in [0.5, 0.6) is 0 Å². The van der Waals surface area contributed by atoms with Gasteiger partial charge in [-0.2, -0.15) is 0 Å². The van der Waals surface area contributed by atoms with Crippen LogP contribution in [0.25, 0.3) is 0 Å². The minimum Gasteiger partial charge on any atom is -0.480 e. The van der Waals surface area contributed by atoms with E-state index in [-0.39, 0.29) is 18.9 Å². The van der Waals surface area contributed by atoms with E-state index in [1.807, 2.05) is 30.3 Å². The molecule has 0 aliphatic rings. The third kappa shape index (κ3) is 8.49. The molecule has 0 aliphatic heterocycles. The smallest absolute Gasteiger partial charge is 0.325 e. The van der Waals surface area contributed by atoms with Gasteiger partial charge < -0.3 is 32.9 Å². The van der Waals surface area contributed by atoms with Crippen LogP contribution in [0.4, 0.5) is 0 Å². The molecule has 1 aromatic rings. The number of aliphatic imine (C=N–C) groups is 1.